The van der Waals surface area contributed by atoms with Gasteiger partial charge in [0, 0.05) is 18.8 Å². The highest BCUT2D eigenvalue weighted by molar-refractivity contribution is 6.07. The number of hydrogen-bond acceptors (Lipinski definition) is 2. The number of amides is 1. The lowest BCUT2D eigenvalue weighted by atomic mass is 10.0. The lowest BCUT2D eigenvalue weighted by Crippen LogP contribution is -2.18. The van der Waals surface area contributed by atoms with Crippen LogP contribution in [0.15, 0.2) is 48.7 Å². The molecule has 0 atom stereocenters. The molecule has 0 aliphatic heterocycles. The Morgan fingerprint density at radius 3 is 2.48 bits per heavy atom. The zero-order valence-electron chi connectivity index (χ0n) is 13.8. The Balaban J connectivity index is 2.03. The maximum Gasteiger partial charge on any atom is 0.435 e. The van der Waals surface area contributed by atoms with E-state index in [2.05, 4.69) is 10.4 Å². The van der Waals surface area contributed by atoms with E-state index in [1.165, 1.54) is 37.4 Å². The minimum absolute atomic E-state index is 0.125. The standard InChI is InChI=1S/C18H12F5N3O/c1-26-9-13(16(25-26)18(21,22)23)17(27)24-15-12(6-3-7-14(15)20)10-4-2-5-11(19)8-10/h2-9H,1H3,(H,24,27). The van der Waals surface area contributed by atoms with Crippen LogP contribution in [0.4, 0.5) is 27.6 Å². The molecule has 1 amide bonds. The smallest absolute Gasteiger partial charge is 0.319 e. The molecular weight excluding hydrogens is 369 g/mol. The molecule has 0 aliphatic rings. The van der Waals surface area contributed by atoms with Gasteiger partial charge in [0.1, 0.15) is 11.6 Å². The number of benzene rings is 2. The van der Waals surface area contributed by atoms with Crippen LogP contribution in [0.2, 0.25) is 0 Å². The van der Waals surface area contributed by atoms with E-state index >= 15 is 0 Å². The average Bonchev–Trinajstić information content (AvgIpc) is 2.99. The molecule has 0 spiro atoms. The summed E-state index contributed by atoms with van der Waals surface area (Å²) in [6, 6.07) is 8.98. The van der Waals surface area contributed by atoms with Gasteiger partial charge in [0.05, 0.1) is 11.3 Å². The molecule has 0 unspecified atom stereocenters. The van der Waals surface area contributed by atoms with Gasteiger partial charge in [-0.3, -0.25) is 9.48 Å². The van der Waals surface area contributed by atoms with Crippen molar-refractivity contribution in [1.82, 2.24) is 9.78 Å². The minimum Gasteiger partial charge on any atom is -0.319 e. The first-order valence-corrected chi connectivity index (χ1v) is 7.63. The Hall–Kier alpha value is -3.23. The van der Waals surface area contributed by atoms with Gasteiger partial charge < -0.3 is 5.32 Å². The highest BCUT2D eigenvalue weighted by Crippen LogP contribution is 2.33. The van der Waals surface area contributed by atoms with E-state index in [9.17, 15) is 26.7 Å². The summed E-state index contributed by atoms with van der Waals surface area (Å²) >= 11 is 0. The zero-order chi connectivity index (χ0) is 19.8. The molecule has 1 N–H and O–H groups in total. The molecule has 4 nitrogen and oxygen atoms in total. The number of rotatable bonds is 3. The maximum absolute atomic E-state index is 14.3. The number of carbonyl (C=O) groups excluding carboxylic acids is 1. The van der Waals surface area contributed by atoms with Crippen LogP contribution < -0.4 is 5.32 Å². The third-order valence-corrected chi connectivity index (χ3v) is 3.73. The Morgan fingerprint density at radius 2 is 1.81 bits per heavy atom. The number of aryl methyl sites for hydroxylation is 1. The quantitative estimate of drug-likeness (QED) is 0.672. The van der Waals surface area contributed by atoms with Crippen molar-refractivity contribution < 1.29 is 26.7 Å². The molecule has 140 valence electrons. The number of hydrogen-bond donors (Lipinski definition) is 1. The zero-order valence-corrected chi connectivity index (χ0v) is 13.8. The van der Waals surface area contributed by atoms with Gasteiger partial charge in [0.15, 0.2) is 5.69 Å². The van der Waals surface area contributed by atoms with Gasteiger partial charge in [-0.2, -0.15) is 18.3 Å². The van der Waals surface area contributed by atoms with Crippen molar-refractivity contribution >= 4 is 11.6 Å². The number of nitrogens with one attached hydrogen (secondary N) is 1. The van der Waals surface area contributed by atoms with Crippen LogP contribution in [0.5, 0.6) is 0 Å². The SMILES string of the molecule is Cn1cc(C(=O)Nc2c(F)cccc2-c2cccc(F)c2)c(C(F)(F)F)n1. The summed E-state index contributed by atoms with van der Waals surface area (Å²) in [6.45, 7) is 0. The predicted octanol–water partition coefficient (Wildman–Crippen LogP) is 4.64. The van der Waals surface area contributed by atoms with E-state index in [0.717, 1.165) is 23.0 Å². The normalized spacial score (nSPS) is 11.5. The van der Waals surface area contributed by atoms with E-state index in [1.807, 2.05) is 0 Å². The third-order valence-electron chi connectivity index (χ3n) is 3.73. The number of anilines is 1. The molecule has 2 aromatic carbocycles. The highest BCUT2D eigenvalue weighted by Gasteiger charge is 2.39. The van der Waals surface area contributed by atoms with Crippen LogP contribution in [0, 0.1) is 11.6 Å². The van der Waals surface area contributed by atoms with Crippen molar-refractivity contribution in [3.05, 3.63) is 71.6 Å². The second-order valence-corrected chi connectivity index (χ2v) is 5.69. The molecule has 3 rings (SSSR count). The first kappa shape index (κ1) is 18.6. The second kappa shape index (κ2) is 6.82. The van der Waals surface area contributed by atoms with Crippen molar-refractivity contribution in [2.45, 2.75) is 6.18 Å². The lowest BCUT2D eigenvalue weighted by Gasteiger charge is -2.13. The van der Waals surface area contributed by atoms with Gasteiger partial charge >= 0.3 is 6.18 Å². The number of aromatic nitrogens is 2. The van der Waals surface area contributed by atoms with Crippen LogP contribution in [0.1, 0.15) is 16.1 Å². The van der Waals surface area contributed by atoms with Gasteiger partial charge in [-0.15, -0.1) is 0 Å². The molecule has 0 radical (unpaired) electrons. The molecule has 0 aliphatic carbocycles. The largest absolute Gasteiger partial charge is 0.435 e. The summed E-state index contributed by atoms with van der Waals surface area (Å²) < 4.78 is 67.8. The Labute approximate surface area is 150 Å². The van der Waals surface area contributed by atoms with Crippen LogP contribution in [-0.4, -0.2) is 15.7 Å². The van der Waals surface area contributed by atoms with Gasteiger partial charge in [0.2, 0.25) is 0 Å². The molecule has 27 heavy (non-hydrogen) atoms. The fourth-order valence-electron chi connectivity index (χ4n) is 2.59. The summed E-state index contributed by atoms with van der Waals surface area (Å²) in [5.41, 5.74) is -2.11. The van der Waals surface area contributed by atoms with Crippen LogP contribution in [-0.2, 0) is 13.2 Å². The fraction of sp³-hybridized carbons (Fsp3) is 0.111. The highest BCUT2D eigenvalue weighted by atomic mass is 19.4. The number of halogens is 5. The topological polar surface area (TPSA) is 46.9 Å². The van der Waals surface area contributed by atoms with Crippen molar-refractivity contribution in [1.29, 1.82) is 0 Å². The second-order valence-electron chi connectivity index (χ2n) is 5.69. The summed E-state index contributed by atoms with van der Waals surface area (Å²) in [7, 11) is 1.23. The first-order chi connectivity index (χ1) is 12.7. The van der Waals surface area contributed by atoms with Crippen molar-refractivity contribution in [2.24, 2.45) is 7.05 Å². The Kier molecular flexibility index (Phi) is 4.69. The van der Waals surface area contributed by atoms with Gasteiger partial charge in [-0.25, -0.2) is 8.78 Å². The van der Waals surface area contributed by atoms with E-state index in [4.69, 9.17) is 0 Å². The summed E-state index contributed by atoms with van der Waals surface area (Å²) in [4.78, 5) is 12.4. The Bertz CT molecular complexity index is 1010. The third kappa shape index (κ3) is 3.81. The fourth-order valence-corrected chi connectivity index (χ4v) is 2.59. The maximum atomic E-state index is 14.3. The van der Waals surface area contributed by atoms with Crippen molar-refractivity contribution in [3.63, 3.8) is 0 Å². The van der Waals surface area contributed by atoms with E-state index in [0.29, 0.717) is 0 Å². The molecule has 1 heterocycles. The monoisotopic (exact) mass is 381 g/mol. The molecule has 0 saturated heterocycles. The predicted molar refractivity (Wildman–Crippen MR) is 88.0 cm³/mol. The van der Waals surface area contributed by atoms with E-state index in [-0.39, 0.29) is 16.8 Å². The van der Waals surface area contributed by atoms with E-state index < -0.39 is 35.0 Å². The summed E-state index contributed by atoms with van der Waals surface area (Å²) in [5.74, 6) is -2.64. The van der Waals surface area contributed by atoms with Crippen molar-refractivity contribution in [2.75, 3.05) is 5.32 Å². The van der Waals surface area contributed by atoms with Gasteiger partial charge in [-0.05, 0) is 23.8 Å². The van der Waals surface area contributed by atoms with Gasteiger partial charge in [0.25, 0.3) is 5.91 Å². The summed E-state index contributed by atoms with van der Waals surface area (Å²) in [5, 5.41) is 5.40. The number of alkyl halides is 3. The number of carbonyl (C=O) groups is 1. The molecule has 0 bridgehead atoms. The molecule has 3 aromatic rings. The van der Waals surface area contributed by atoms with Crippen LogP contribution in [0.25, 0.3) is 11.1 Å². The molecule has 0 fully saturated rings. The van der Waals surface area contributed by atoms with Gasteiger partial charge in [-0.1, -0.05) is 24.3 Å². The van der Waals surface area contributed by atoms with Crippen LogP contribution >= 0.6 is 0 Å². The molecular formula is C18H12F5N3O. The minimum atomic E-state index is -4.85. The lowest BCUT2D eigenvalue weighted by molar-refractivity contribution is -0.141. The molecule has 1 aromatic heterocycles. The molecule has 9 heteroatoms. The number of para-hydroxylation sites is 1. The summed E-state index contributed by atoms with van der Waals surface area (Å²) in [6.07, 6.45) is -3.96. The average molecular weight is 381 g/mol. The molecule has 0 saturated carbocycles. The van der Waals surface area contributed by atoms with Crippen LogP contribution in [0.3, 0.4) is 0 Å². The Morgan fingerprint density at radius 1 is 1.11 bits per heavy atom. The number of nitrogens with zero attached hydrogens (tertiary/aromatic N) is 2. The van der Waals surface area contributed by atoms with Crippen molar-refractivity contribution in [3.8, 4) is 11.1 Å². The first-order valence-electron chi connectivity index (χ1n) is 7.63. The van der Waals surface area contributed by atoms with E-state index in [1.54, 1.807) is 0 Å².